The average Bonchev–Trinajstić information content (AvgIpc) is 2.43. The number of likely N-dealkylation sites (tertiary alicyclic amines) is 1. The van der Waals surface area contributed by atoms with Crippen LogP contribution in [0.3, 0.4) is 0 Å². The molecule has 0 saturated carbocycles. The number of fused-ring (bicyclic) bond motifs is 1. The molecule has 0 radical (unpaired) electrons. The number of nitrogens with one attached hydrogen (secondary N) is 1. The minimum absolute atomic E-state index is 0.104. The van der Waals surface area contributed by atoms with Gasteiger partial charge >= 0.3 is 0 Å². The molecule has 5 nitrogen and oxygen atoms in total. The highest BCUT2D eigenvalue weighted by atomic mass is 16.3. The Bertz CT molecular complexity index is 267. The Kier molecular flexibility index (Phi) is 2.52. The van der Waals surface area contributed by atoms with E-state index in [1.165, 1.54) is 0 Å². The van der Waals surface area contributed by atoms with Crippen LogP contribution in [0.5, 0.6) is 0 Å². The number of imide groups is 1. The van der Waals surface area contributed by atoms with E-state index in [1.807, 2.05) is 4.90 Å². The molecule has 2 amide bonds. The number of piperidine rings is 1. The highest BCUT2D eigenvalue weighted by molar-refractivity contribution is 6.05. The van der Waals surface area contributed by atoms with E-state index in [1.54, 1.807) is 0 Å². The Morgan fingerprint density at radius 3 is 2.79 bits per heavy atom. The minimum Gasteiger partial charge on any atom is -0.395 e. The second-order valence-corrected chi connectivity index (χ2v) is 3.88. The van der Waals surface area contributed by atoms with Crippen molar-refractivity contribution in [2.24, 2.45) is 11.8 Å². The smallest absolute Gasteiger partial charge is 0.231 e. The maximum Gasteiger partial charge on any atom is 0.231 e. The SMILES string of the molecule is O=C1NC(=O)[C@@H]2CN(CCO)CC[C@@H]12. The lowest BCUT2D eigenvalue weighted by Gasteiger charge is -2.31. The molecule has 0 unspecified atom stereocenters. The largest absolute Gasteiger partial charge is 0.395 e. The molecule has 0 aliphatic carbocycles. The summed E-state index contributed by atoms with van der Waals surface area (Å²) in [6, 6.07) is 0. The first-order valence-electron chi connectivity index (χ1n) is 4.90. The number of nitrogens with zero attached hydrogens (tertiary/aromatic N) is 1. The fourth-order valence-corrected chi connectivity index (χ4v) is 2.25. The predicted molar refractivity (Wildman–Crippen MR) is 48.3 cm³/mol. The summed E-state index contributed by atoms with van der Waals surface area (Å²) in [7, 11) is 0. The van der Waals surface area contributed by atoms with Gasteiger partial charge < -0.3 is 10.0 Å². The van der Waals surface area contributed by atoms with Crippen LogP contribution < -0.4 is 5.32 Å². The fraction of sp³-hybridized carbons (Fsp3) is 0.778. The summed E-state index contributed by atoms with van der Waals surface area (Å²) in [6.07, 6.45) is 0.724. The molecule has 5 heteroatoms. The van der Waals surface area contributed by atoms with Gasteiger partial charge in [0.2, 0.25) is 11.8 Å². The zero-order valence-electron chi connectivity index (χ0n) is 7.90. The highest BCUT2D eigenvalue weighted by Crippen LogP contribution is 2.27. The number of amides is 2. The number of rotatable bonds is 2. The normalized spacial score (nSPS) is 32.9. The van der Waals surface area contributed by atoms with E-state index in [4.69, 9.17) is 5.11 Å². The van der Waals surface area contributed by atoms with Gasteiger partial charge in [-0.15, -0.1) is 0 Å². The van der Waals surface area contributed by atoms with Crippen LogP contribution in [-0.2, 0) is 9.59 Å². The first-order valence-corrected chi connectivity index (χ1v) is 4.90. The zero-order chi connectivity index (χ0) is 10.1. The van der Waals surface area contributed by atoms with Crippen molar-refractivity contribution >= 4 is 11.8 Å². The number of aliphatic hydroxyl groups is 1. The predicted octanol–water partition coefficient (Wildman–Crippen LogP) is -1.43. The zero-order valence-corrected chi connectivity index (χ0v) is 7.90. The third-order valence-corrected chi connectivity index (χ3v) is 3.03. The molecule has 14 heavy (non-hydrogen) atoms. The summed E-state index contributed by atoms with van der Waals surface area (Å²) in [5.41, 5.74) is 0. The fourth-order valence-electron chi connectivity index (χ4n) is 2.25. The molecular weight excluding hydrogens is 184 g/mol. The van der Waals surface area contributed by atoms with Gasteiger partial charge in [-0.05, 0) is 13.0 Å². The number of carbonyl (C=O) groups is 2. The average molecular weight is 198 g/mol. The van der Waals surface area contributed by atoms with Crippen molar-refractivity contribution in [1.29, 1.82) is 0 Å². The Morgan fingerprint density at radius 1 is 1.36 bits per heavy atom. The van der Waals surface area contributed by atoms with Crippen LogP contribution in [0.1, 0.15) is 6.42 Å². The molecular formula is C9H14N2O3. The van der Waals surface area contributed by atoms with Crippen molar-refractivity contribution in [3.8, 4) is 0 Å². The molecule has 2 heterocycles. The molecule has 78 valence electrons. The van der Waals surface area contributed by atoms with E-state index < -0.39 is 0 Å². The minimum atomic E-state index is -0.192. The van der Waals surface area contributed by atoms with Crippen LogP contribution in [0.2, 0.25) is 0 Å². The number of aliphatic hydroxyl groups excluding tert-OH is 1. The first kappa shape index (κ1) is 9.61. The van der Waals surface area contributed by atoms with Gasteiger partial charge in [0.15, 0.2) is 0 Å². The Labute approximate surface area is 82.1 Å². The van der Waals surface area contributed by atoms with Gasteiger partial charge in [0, 0.05) is 13.1 Å². The second kappa shape index (κ2) is 3.67. The monoisotopic (exact) mass is 198 g/mol. The molecule has 2 fully saturated rings. The van der Waals surface area contributed by atoms with Crippen LogP contribution in [0.15, 0.2) is 0 Å². The summed E-state index contributed by atoms with van der Waals surface area (Å²) >= 11 is 0. The summed E-state index contributed by atoms with van der Waals surface area (Å²) in [5.74, 6) is -0.591. The van der Waals surface area contributed by atoms with Gasteiger partial charge in [-0.3, -0.25) is 14.9 Å². The Balaban J connectivity index is 2.02. The lowest BCUT2D eigenvalue weighted by molar-refractivity contribution is -0.126. The second-order valence-electron chi connectivity index (χ2n) is 3.88. The molecule has 0 aromatic carbocycles. The van der Waals surface area contributed by atoms with E-state index in [0.717, 1.165) is 13.0 Å². The van der Waals surface area contributed by atoms with Gasteiger partial charge in [0.25, 0.3) is 0 Å². The van der Waals surface area contributed by atoms with Crippen LogP contribution >= 0.6 is 0 Å². The lowest BCUT2D eigenvalue weighted by Crippen LogP contribution is -2.42. The van der Waals surface area contributed by atoms with Crippen LogP contribution in [0, 0.1) is 11.8 Å². The molecule has 0 spiro atoms. The van der Waals surface area contributed by atoms with Gasteiger partial charge in [-0.25, -0.2) is 0 Å². The standard InChI is InChI=1S/C9H14N2O3/c12-4-3-11-2-1-6-7(5-11)9(14)10-8(6)13/h6-7,12H,1-5H2,(H,10,13,14)/t6-,7-/m1/s1. The van der Waals surface area contributed by atoms with E-state index in [-0.39, 0.29) is 30.3 Å². The van der Waals surface area contributed by atoms with Crippen molar-refractivity contribution in [3.05, 3.63) is 0 Å². The van der Waals surface area contributed by atoms with Crippen molar-refractivity contribution in [3.63, 3.8) is 0 Å². The number of hydrogen-bond acceptors (Lipinski definition) is 4. The molecule has 2 N–H and O–H groups in total. The molecule has 0 aromatic heterocycles. The highest BCUT2D eigenvalue weighted by Gasteiger charge is 2.44. The summed E-state index contributed by atoms with van der Waals surface area (Å²) in [5, 5.41) is 11.1. The number of hydrogen-bond donors (Lipinski definition) is 2. The molecule has 0 bridgehead atoms. The summed E-state index contributed by atoms with van der Waals surface area (Å²) in [6.45, 7) is 2.09. The van der Waals surface area contributed by atoms with Gasteiger partial charge in [0.05, 0.1) is 18.4 Å². The van der Waals surface area contributed by atoms with Crippen LogP contribution in [-0.4, -0.2) is 48.1 Å². The molecule has 2 atom stereocenters. The van der Waals surface area contributed by atoms with Gasteiger partial charge in [-0.2, -0.15) is 0 Å². The Hall–Kier alpha value is -0.940. The van der Waals surface area contributed by atoms with Crippen LogP contribution in [0.4, 0.5) is 0 Å². The third-order valence-electron chi connectivity index (χ3n) is 3.03. The third kappa shape index (κ3) is 1.53. The molecule has 0 aromatic rings. The van der Waals surface area contributed by atoms with Gasteiger partial charge in [-0.1, -0.05) is 0 Å². The maximum absolute atomic E-state index is 11.3. The summed E-state index contributed by atoms with van der Waals surface area (Å²) in [4.78, 5) is 24.7. The van der Waals surface area contributed by atoms with Crippen LogP contribution in [0.25, 0.3) is 0 Å². The quantitative estimate of drug-likeness (QED) is 0.534. The molecule has 2 aliphatic heterocycles. The lowest BCUT2D eigenvalue weighted by atomic mass is 9.88. The molecule has 2 rings (SSSR count). The first-order chi connectivity index (χ1) is 6.72. The number of β-amino-alcohol motifs (C(OH)–C–C–N with tert-alkyl or cyclic N) is 1. The van der Waals surface area contributed by atoms with E-state index in [9.17, 15) is 9.59 Å². The van der Waals surface area contributed by atoms with E-state index in [2.05, 4.69) is 5.32 Å². The van der Waals surface area contributed by atoms with Crippen molar-refractivity contribution < 1.29 is 14.7 Å². The topological polar surface area (TPSA) is 69.6 Å². The maximum atomic E-state index is 11.3. The van der Waals surface area contributed by atoms with Crippen molar-refractivity contribution in [2.45, 2.75) is 6.42 Å². The summed E-state index contributed by atoms with van der Waals surface area (Å²) < 4.78 is 0. The van der Waals surface area contributed by atoms with Gasteiger partial charge in [0.1, 0.15) is 0 Å². The van der Waals surface area contributed by atoms with E-state index >= 15 is 0 Å². The number of carbonyl (C=O) groups excluding carboxylic acids is 2. The molecule has 2 aliphatic rings. The molecule has 2 saturated heterocycles. The van der Waals surface area contributed by atoms with E-state index in [0.29, 0.717) is 13.1 Å². The van der Waals surface area contributed by atoms with Crippen molar-refractivity contribution in [2.75, 3.05) is 26.2 Å². The Morgan fingerprint density at radius 2 is 2.07 bits per heavy atom. The van der Waals surface area contributed by atoms with Crippen molar-refractivity contribution in [1.82, 2.24) is 10.2 Å².